The molecule has 0 aromatic heterocycles. The summed E-state index contributed by atoms with van der Waals surface area (Å²) in [4.78, 5) is 0. The highest BCUT2D eigenvalue weighted by Crippen LogP contribution is 2.42. The molecule has 1 aromatic rings. The number of hydrogen-bond acceptors (Lipinski definition) is 4. The van der Waals surface area contributed by atoms with Gasteiger partial charge in [0.25, 0.3) is 0 Å². The van der Waals surface area contributed by atoms with Crippen molar-refractivity contribution in [1.29, 1.82) is 0 Å². The maximum absolute atomic E-state index is 14.8. The van der Waals surface area contributed by atoms with E-state index < -0.39 is 29.7 Å². The van der Waals surface area contributed by atoms with Crippen LogP contribution in [-0.2, 0) is 26.4 Å². The lowest BCUT2D eigenvalue weighted by atomic mass is 9.87. The highest BCUT2D eigenvalue weighted by atomic mass is 79.9. The SMILES string of the molecule is CC(C)(C)[S+]([O-])N(COCC[Si](C)(C)C)C1(c2ccc(Br)cc2F)COC1. The van der Waals surface area contributed by atoms with E-state index in [1.165, 1.54) is 6.07 Å². The second-order valence-electron chi connectivity index (χ2n) is 9.24. The largest absolute Gasteiger partial charge is 0.597 e. The lowest BCUT2D eigenvalue weighted by Crippen LogP contribution is -2.64. The Morgan fingerprint density at radius 2 is 1.96 bits per heavy atom. The minimum atomic E-state index is -1.37. The standard InChI is InChI=1S/C19H31BrFNO3SSi/c1-18(2,3)26(23)22(14-24-9-10-27(4,5)6)19(12-25-13-19)16-8-7-15(20)11-17(16)21/h7-8,11H,9-10,12-14H2,1-6H3. The molecule has 1 unspecified atom stereocenters. The fourth-order valence-electron chi connectivity index (χ4n) is 2.78. The lowest BCUT2D eigenvalue weighted by molar-refractivity contribution is -0.141. The number of hydrogen-bond donors (Lipinski definition) is 0. The van der Waals surface area contributed by atoms with Crippen molar-refractivity contribution >= 4 is 35.4 Å². The zero-order chi connectivity index (χ0) is 20.5. The first kappa shape index (κ1) is 23.3. The van der Waals surface area contributed by atoms with E-state index in [1.807, 2.05) is 26.8 Å². The van der Waals surface area contributed by atoms with E-state index in [-0.39, 0.29) is 12.5 Å². The van der Waals surface area contributed by atoms with E-state index in [0.29, 0.717) is 29.9 Å². The summed E-state index contributed by atoms with van der Waals surface area (Å²) in [5.41, 5.74) is -0.273. The van der Waals surface area contributed by atoms with Crippen LogP contribution in [0.5, 0.6) is 0 Å². The molecule has 1 aromatic carbocycles. The zero-order valence-electron chi connectivity index (χ0n) is 17.1. The van der Waals surface area contributed by atoms with Crippen LogP contribution < -0.4 is 0 Å². The number of halogens is 2. The molecule has 0 aliphatic carbocycles. The highest BCUT2D eigenvalue weighted by Gasteiger charge is 2.55. The molecule has 0 bridgehead atoms. The van der Waals surface area contributed by atoms with Crippen molar-refractivity contribution in [3.63, 3.8) is 0 Å². The minimum Gasteiger partial charge on any atom is -0.597 e. The number of benzene rings is 1. The Balaban J connectivity index is 2.29. The van der Waals surface area contributed by atoms with Gasteiger partial charge < -0.3 is 14.0 Å². The van der Waals surface area contributed by atoms with Crippen molar-refractivity contribution in [3.05, 3.63) is 34.1 Å². The second-order valence-corrected chi connectivity index (χ2v) is 17.9. The van der Waals surface area contributed by atoms with Crippen LogP contribution in [0.1, 0.15) is 26.3 Å². The summed E-state index contributed by atoms with van der Waals surface area (Å²) in [5.74, 6) is -0.328. The van der Waals surface area contributed by atoms with Gasteiger partial charge in [0.2, 0.25) is 0 Å². The summed E-state index contributed by atoms with van der Waals surface area (Å²) in [6.45, 7) is 14.0. The normalized spacial score (nSPS) is 18.4. The number of ether oxygens (including phenoxy) is 2. The van der Waals surface area contributed by atoms with Crippen molar-refractivity contribution in [2.45, 2.75) is 56.7 Å². The van der Waals surface area contributed by atoms with Gasteiger partial charge in [-0.2, -0.15) is 0 Å². The van der Waals surface area contributed by atoms with E-state index in [9.17, 15) is 8.94 Å². The predicted molar refractivity (Wildman–Crippen MR) is 115 cm³/mol. The summed E-state index contributed by atoms with van der Waals surface area (Å²) >= 11 is 1.93. The van der Waals surface area contributed by atoms with Crippen LogP contribution in [0.3, 0.4) is 0 Å². The molecule has 1 aliphatic heterocycles. The fourth-order valence-corrected chi connectivity index (χ4v) is 5.23. The summed E-state index contributed by atoms with van der Waals surface area (Å²) in [7, 11) is -1.22. The third-order valence-electron chi connectivity index (χ3n) is 4.52. The van der Waals surface area contributed by atoms with Gasteiger partial charge in [0.15, 0.2) is 0 Å². The fraction of sp³-hybridized carbons (Fsp3) is 0.684. The van der Waals surface area contributed by atoms with Crippen LogP contribution in [0, 0.1) is 5.82 Å². The molecule has 0 amide bonds. The highest BCUT2D eigenvalue weighted by molar-refractivity contribution is 9.10. The topological polar surface area (TPSA) is 44.8 Å². The molecule has 0 spiro atoms. The first-order valence-corrected chi connectivity index (χ1v) is 14.8. The molecule has 154 valence electrons. The average molecular weight is 481 g/mol. The van der Waals surface area contributed by atoms with Gasteiger partial charge in [-0.1, -0.05) is 45.9 Å². The van der Waals surface area contributed by atoms with Crippen molar-refractivity contribution in [2.24, 2.45) is 0 Å². The van der Waals surface area contributed by atoms with Crippen LogP contribution in [0.25, 0.3) is 0 Å². The number of nitrogens with zero attached hydrogens (tertiary/aromatic N) is 1. The molecular formula is C19H31BrFNO3SSi. The smallest absolute Gasteiger partial charge is 0.143 e. The van der Waals surface area contributed by atoms with Gasteiger partial charge in [0.05, 0.1) is 13.2 Å². The van der Waals surface area contributed by atoms with E-state index in [0.717, 1.165) is 6.04 Å². The van der Waals surface area contributed by atoms with Gasteiger partial charge in [-0.05, 0) is 38.9 Å². The quantitative estimate of drug-likeness (QED) is 0.230. The Bertz CT molecular complexity index is 647. The molecule has 1 saturated heterocycles. The number of rotatable bonds is 8. The summed E-state index contributed by atoms with van der Waals surface area (Å²) in [6, 6.07) is 6.03. The van der Waals surface area contributed by atoms with Crippen LogP contribution in [0.2, 0.25) is 25.7 Å². The van der Waals surface area contributed by atoms with Crippen LogP contribution in [0.4, 0.5) is 4.39 Å². The molecule has 8 heteroatoms. The Morgan fingerprint density at radius 1 is 1.33 bits per heavy atom. The molecule has 1 aliphatic rings. The summed E-state index contributed by atoms with van der Waals surface area (Å²) < 4.78 is 41.5. The molecule has 1 fully saturated rings. The van der Waals surface area contributed by atoms with Crippen LogP contribution in [-0.4, -0.2) is 48.2 Å². The Labute approximate surface area is 175 Å². The molecule has 0 radical (unpaired) electrons. The zero-order valence-corrected chi connectivity index (χ0v) is 20.5. The van der Waals surface area contributed by atoms with Crippen LogP contribution >= 0.6 is 15.9 Å². The molecular weight excluding hydrogens is 449 g/mol. The van der Waals surface area contributed by atoms with Gasteiger partial charge in [0, 0.05) is 36.1 Å². The average Bonchev–Trinajstić information content (AvgIpc) is 2.47. The Kier molecular flexibility index (Phi) is 7.61. The molecule has 0 saturated carbocycles. The molecule has 0 N–H and O–H groups in total. The molecule has 4 nitrogen and oxygen atoms in total. The van der Waals surface area contributed by atoms with Gasteiger partial charge in [0.1, 0.15) is 22.8 Å². The maximum atomic E-state index is 14.8. The van der Waals surface area contributed by atoms with Gasteiger partial charge >= 0.3 is 0 Å². The third kappa shape index (κ3) is 5.78. The van der Waals surface area contributed by atoms with Gasteiger partial charge in [-0.25, -0.2) is 4.39 Å². The lowest BCUT2D eigenvalue weighted by Gasteiger charge is -2.49. The van der Waals surface area contributed by atoms with Gasteiger partial charge in [-0.3, -0.25) is 0 Å². The van der Waals surface area contributed by atoms with Crippen LogP contribution in [0.15, 0.2) is 22.7 Å². The first-order chi connectivity index (χ1) is 12.4. The second kappa shape index (κ2) is 8.81. The molecule has 1 heterocycles. The predicted octanol–water partition coefficient (Wildman–Crippen LogP) is 4.89. The van der Waals surface area contributed by atoms with Gasteiger partial charge in [-0.15, -0.1) is 0 Å². The van der Waals surface area contributed by atoms with Crippen molar-refractivity contribution in [3.8, 4) is 0 Å². The van der Waals surface area contributed by atoms with E-state index >= 15 is 0 Å². The summed E-state index contributed by atoms with van der Waals surface area (Å²) in [5, 5.41) is 0. The molecule has 27 heavy (non-hydrogen) atoms. The molecule has 1 atom stereocenters. The van der Waals surface area contributed by atoms with E-state index in [1.54, 1.807) is 10.4 Å². The van der Waals surface area contributed by atoms with Crippen molar-refractivity contribution in [2.75, 3.05) is 26.6 Å². The molecule has 2 rings (SSSR count). The minimum absolute atomic E-state index is 0.188. The van der Waals surface area contributed by atoms with Crippen molar-refractivity contribution in [1.82, 2.24) is 4.31 Å². The maximum Gasteiger partial charge on any atom is 0.143 e. The monoisotopic (exact) mass is 479 g/mol. The first-order valence-electron chi connectivity index (χ1n) is 9.17. The van der Waals surface area contributed by atoms with Crippen molar-refractivity contribution < 1.29 is 18.4 Å². The van der Waals surface area contributed by atoms with E-state index in [2.05, 4.69) is 35.6 Å². The Morgan fingerprint density at radius 3 is 2.41 bits per heavy atom. The third-order valence-corrected chi connectivity index (χ3v) is 8.62. The Hall–Kier alpha value is 0.0369. The summed E-state index contributed by atoms with van der Waals surface area (Å²) in [6.07, 6.45) is 0. The van der Waals surface area contributed by atoms with E-state index in [4.69, 9.17) is 9.47 Å².